The summed E-state index contributed by atoms with van der Waals surface area (Å²) in [4.78, 5) is 12.5. The van der Waals surface area contributed by atoms with Gasteiger partial charge in [0.05, 0.1) is 7.11 Å². The predicted octanol–water partition coefficient (Wildman–Crippen LogP) is 2.77. The Balaban J connectivity index is 2.15. The maximum atomic E-state index is 12.5. The van der Waals surface area contributed by atoms with Crippen LogP contribution in [0.4, 0.5) is 0 Å². The lowest BCUT2D eigenvalue weighted by molar-refractivity contribution is -0.139. The van der Waals surface area contributed by atoms with Gasteiger partial charge in [-0.05, 0) is 31.7 Å². The van der Waals surface area contributed by atoms with E-state index in [0.717, 1.165) is 37.0 Å². The highest BCUT2D eigenvalue weighted by Crippen LogP contribution is 2.35. The highest BCUT2D eigenvalue weighted by atomic mass is 16.5. The molecule has 0 aromatic heterocycles. The normalized spacial score (nSPS) is 17.7. The molecule has 3 nitrogen and oxygen atoms in total. The number of Topliss-reactive ketones (excluding diaryl/α,β-unsaturated/α-hetero) is 1. The number of rotatable bonds is 5. The monoisotopic (exact) mass is 248 g/mol. The summed E-state index contributed by atoms with van der Waals surface area (Å²) in [6.07, 6.45) is 4.23. The van der Waals surface area contributed by atoms with Crippen LogP contribution >= 0.6 is 0 Å². The largest absolute Gasteiger partial charge is 0.496 e. The molecule has 0 amide bonds. The Kier molecular flexibility index (Phi) is 4.02. The molecule has 0 saturated heterocycles. The maximum Gasteiger partial charge on any atom is 0.169 e. The second-order valence-electron chi connectivity index (χ2n) is 4.82. The number of ether oxygens (including phenoxy) is 2. The molecular weight excluding hydrogens is 228 g/mol. The Labute approximate surface area is 108 Å². The second-order valence-corrected chi connectivity index (χ2v) is 4.82. The van der Waals surface area contributed by atoms with E-state index in [1.165, 1.54) is 0 Å². The Bertz CT molecular complexity index is 420. The molecule has 18 heavy (non-hydrogen) atoms. The van der Waals surface area contributed by atoms with Gasteiger partial charge in [-0.15, -0.1) is 0 Å². The molecule has 1 aliphatic rings. The lowest BCUT2D eigenvalue weighted by atomic mass is 9.91. The van der Waals surface area contributed by atoms with Crippen molar-refractivity contribution in [2.45, 2.75) is 37.7 Å². The molecule has 98 valence electrons. The van der Waals surface area contributed by atoms with Crippen molar-refractivity contribution in [1.82, 2.24) is 0 Å². The fraction of sp³-hybridized carbons (Fsp3) is 0.533. The SMILES string of the molecule is COc1ccccc1CC(=O)C1(OC)CCCC1. The second kappa shape index (κ2) is 5.53. The van der Waals surface area contributed by atoms with Crippen molar-refractivity contribution in [3.8, 4) is 5.75 Å². The van der Waals surface area contributed by atoms with Gasteiger partial charge in [0.25, 0.3) is 0 Å². The molecular formula is C15H20O3. The van der Waals surface area contributed by atoms with Crippen molar-refractivity contribution in [3.63, 3.8) is 0 Å². The minimum atomic E-state index is -0.555. The van der Waals surface area contributed by atoms with Crippen LogP contribution in [-0.2, 0) is 16.0 Å². The lowest BCUT2D eigenvalue weighted by Crippen LogP contribution is -2.38. The van der Waals surface area contributed by atoms with E-state index in [1.54, 1.807) is 14.2 Å². The van der Waals surface area contributed by atoms with Crippen molar-refractivity contribution in [3.05, 3.63) is 29.8 Å². The van der Waals surface area contributed by atoms with E-state index >= 15 is 0 Å². The van der Waals surface area contributed by atoms with Crippen LogP contribution < -0.4 is 4.74 Å². The van der Waals surface area contributed by atoms with E-state index in [-0.39, 0.29) is 5.78 Å². The van der Waals surface area contributed by atoms with Gasteiger partial charge in [-0.3, -0.25) is 4.79 Å². The third-order valence-corrected chi connectivity index (χ3v) is 3.85. The summed E-state index contributed by atoms with van der Waals surface area (Å²) < 4.78 is 10.8. The van der Waals surface area contributed by atoms with Crippen molar-refractivity contribution in [2.24, 2.45) is 0 Å². The van der Waals surface area contributed by atoms with Gasteiger partial charge in [0.1, 0.15) is 11.4 Å². The van der Waals surface area contributed by atoms with Gasteiger partial charge in [0, 0.05) is 19.1 Å². The molecule has 3 heteroatoms. The number of carbonyl (C=O) groups is 1. The van der Waals surface area contributed by atoms with Gasteiger partial charge in [0.2, 0.25) is 0 Å². The van der Waals surface area contributed by atoms with Gasteiger partial charge in [-0.25, -0.2) is 0 Å². The summed E-state index contributed by atoms with van der Waals surface area (Å²) in [7, 11) is 3.27. The molecule has 1 saturated carbocycles. The van der Waals surface area contributed by atoms with Crippen LogP contribution in [0.15, 0.2) is 24.3 Å². The highest BCUT2D eigenvalue weighted by molar-refractivity contribution is 5.90. The molecule has 0 bridgehead atoms. The van der Waals surface area contributed by atoms with Gasteiger partial charge in [0.15, 0.2) is 5.78 Å². The van der Waals surface area contributed by atoms with Crippen LogP contribution in [0.3, 0.4) is 0 Å². The molecule has 0 radical (unpaired) electrons. The van der Waals surface area contributed by atoms with E-state index in [0.29, 0.717) is 6.42 Å². The summed E-state index contributed by atoms with van der Waals surface area (Å²) in [5, 5.41) is 0. The van der Waals surface area contributed by atoms with Crippen LogP contribution in [0.5, 0.6) is 5.75 Å². The quantitative estimate of drug-likeness (QED) is 0.803. The molecule has 1 aromatic rings. The minimum Gasteiger partial charge on any atom is -0.496 e. The Morgan fingerprint density at radius 2 is 1.89 bits per heavy atom. The van der Waals surface area contributed by atoms with E-state index < -0.39 is 5.60 Å². The Hall–Kier alpha value is -1.35. The third kappa shape index (κ3) is 2.41. The van der Waals surface area contributed by atoms with E-state index in [2.05, 4.69) is 0 Å². The Morgan fingerprint density at radius 1 is 1.22 bits per heavy atom. The van der Waals surface area contributed by atoms with E-state index in [1.807, 2.05) is 24.3 Å². The zero-order valence-electron chi connectivity index (χ0n) is 11.1. The first-order valence-electron chi connectivity index (χ1n) is 6.42. The number of hydrogen-bond donors (Lipinski definition) is 0. The summed E-state index contributed by atoms with van der Waals surface area (Å²) in [5.74, 6) is 0.946. The van der Waals surface area contributed by atoms with E-state index in [9.17, 15) is 4.79 Å². The van der Waals surface area contributed by atoms with Gasteiger partial charge >= 0.3 is 0 Å². The molecule has 1 aliphatic carbocycles. The standard InChI is InChI=1S/C15H20O3/c1-17-13-8-4-3-7-12(13)11-14(16)15(18-2)9-5-6-10-15/h3-4,7-8H,5-6,9-11H2,1-2H3. The number of para-hydroxylation sites is 1. The molecule has 0 spiro atoms. The predicted molar refractivity (Wildman–Crippen MR) is 69.9 cm³/mol. The first-order valence-corrected chi connectivity index (χ1v) is 6.42. The molecule has 0 aliphatic heterocycles. The molecule has 0 heterocycles. The molecule has 2 rings (SSSR count). The molecule has 0 atom stereocenters. The first kappa shape index (κ1) is 13.1. The number of carbonyl (C=O) groups excluding carboxylic acids is 1. The van der Waals surface area contributed by atoms with Crippen LogP contribution in [0.1, 0.15) is 31.2 Å². The zero-order chi connectivity index (χ0) is 13.0. The van der Waals surface area contributed by atoms with Crippen LogP contribution in [0, 0.1) is 0 Å². The topological polar surface area (TPSA) is 35.5 Å². The highest BCUT2D eigenvalue weighted by Gasteiger charge is 2.40. The number of methoxy groups -OCH3 is 2. The average Bonchev–Trinajstić information content (AvgIpc) is 2.89. The smallest absolute Gasteiger partial charge is 0.169 e. The average molecular weight is 248 g/mol. The minimum absolute atomic E-state index is 0.173. The maximum absolute atomic E-state index is 12.5. The number of benzene rings is 1. The Morgan fingerprint density at radius 3 is 2.50 bits per heavy atom. The van der Waals surface area contributed by atoms with Crippen molar-refractivity contribution < 1.29 is 14.3 Å². The molecule has 1 aromatic carbocycles. The zero-order valence-corrected chi connectivity index (χ0v) is 11.1. The number of ketones is 1. The summed E-state index contributed by atoms with van der Waals surface area (Å²) in [5.41, 5.74) is 0.384. The fourth-order valence-corrected chi connectivity index (χ4v) is 2.73. The van der Waals surface area contributed by atoms with Crippen molar-refractivity contribution in [1.29, 1.82) is 0 Å². The summed E-state index contributed by atoms with van der Waals surface area (Å²) in [6.45, 7) is 0. The van der Waals surface area contributed by atoms with Crippen molar-refractivity contribution >= 4 is 5.78 Å². The first-order chi connectivity index (χ1) is 8.72. The van der Waals surface area contributed by atoms with Crippen molar-refractivity contribution in [2.75, 3.05) is 14.2 Å². The van der Waals surface area contributed by atoms with E-state index in [4.69, 9.17) is 9.47 Å². The molecule has 1 fully saturated rings. The lowest BCUT2D eigenvalue weighted by Gasteiger charge is -2.26. The summed E-state index contributed by atoms with van der Waals surface area (Å²) >= 11 is 0. The van der Waals surface area contributed by atoms with Gasteiger partial charge in [-0.2, -0.15) is 0 Å². The third-order valence-electron chi connectivity index (χ3n) is 3.85. The van der Waals surface area contributed by atoms with Gasteiger partial charge < -0.3 is 9.47 Å². The molecule has 0 unspecified atom stereocenters. The fourth-order valence-electron chi connectivity index (χ4n) is 2.73. The molecule has 0 N–H and O–H groups in total. The van der Waals surface area contributed by atoms with Crippen LogP contribution in [0.2, 0.25) is 0 Å². The number of hydrogen-bond acceptors (Lipinski definition) is 3. The van der Waals surface area contributed by atoms with Crippen LogP contribution in [-0.4, -0.2) is 25.6 Å². The van der Waals surface area contributed by atoms with Crippen LogP contribution in [0.25, 0.3) is 0 Å². The van der Waals surface area contributed by atoms with Gasteiger partial charge in [-0.1, -0.05) is 18.2 Å². The summed E-state index contributed by atoms with van der Waals surface area (Å²) in [6, 6.07) is 7.67.